The summed E-state index contributed by atoms with van der Waals surface area (Å²) in [6.07, 6.45) is 0.563. The maximum Gasteiger partial charge on any atom is 0.165 e. The van der Waals surface area contributed by atoms with Crippen molar-refractivity contribution in [3.8, 4) is 11.5 Å². The lowest BCUT2D eigenvalue weighted by atomic mass is 10.1. The van der Waals surface area contributed by atoms with E-state index in [1.807, 2.05) is 42.5 Å². The third kappa shape index (κ3) is 5.75. The van der Waals surface area contributed by atoms with Gasteiger partial charge in [0.05, 0.1) is 20.3 Å². The highest BCUT2D eigenvalue weighted by Gasteiger charge is 2.17. The fourth-order valence-electron chi connectivity index (χ4n) is 3.02. The molecule has 0 aliphatic heterocycles. The molecular weight excluding hydrogens is 326 g/mol. The van der Waals surface area contributed by atoms with Crippen LogP contribution in [-0.2, 0) is 6.54 Å². The minimum absolute atomic E-state index is 0.514. The molecule has 142 valence electrons. The Kier molecular flexibility index (Phi) is 7.95. The number of rotatable bonds is 10. The predicted octanol–water partition coefficient (Wildman–Crippen LogP) is 4.29. The van der Waals surface area contributed by atoms with Crippen LogP contribution in [0.5, 0.6) is 11.5 Å². The summed E-state index contributed by atoms with van der Waals surface area (Å²) in [4.78, 5) is 2.29. The number of aliphatic hydroxyl groups is 1. The molecule has 0 bridgehead atoms. The molecule has 2 aromatic carbocycles. The van der Waals surface area contributed by atoms with Crippen molar-refractivity contribution >= 4 is 0 Å². The quantitative estimate of drug-likeness (QED) is 0.689. The molecule has 2 aromatic rings. The lowest BCUT2D eigenvalue weighted by molar-refractivity contribution is 0.105. The molecule has 0 amide bonds. The summed E-state index contributed by atoms with van der Waals surface area (Å²) in [5.41, 5.74) is 2.01. The lowest BCUT2D eigenvalue weighted by Gasteiger charge is -2.27. The van der Waals surface area contributed by atoms with Crippen LogP contribution in [0, 0.1) is 5.92 Å². The van der Waals surface area contributed by atoms with Gasteiger partial charge in [-0.1, -0.05) is 56.3 Å². The molecule has 0 fully saturated rings. The van der Waals surface area contributed by atoms with E-state index in [1.54, 1.807) is 14.2 Å². The highest BCUT2D eigenvalue weighted by atomic mass is 16.5. The van der Waals surface area contributed by atoms with Gasteiger partial charge in [-0.2, -0.15) is 0 Å². The van der Waals surface area contributed by atoms with Crippen LogP contribution in [0.4, 0.5) is 0 Å². The van der Waals surface area contributed by atoms with Gasteiger partial charge >= 0.3 is 0 Å². The summed E-state index contributed by atoms with van der Waals surface area (Å²) < 4.78 is 11.0. The summed E-state index contributed by atoms with van der Waals surface area (Å²) >= 11 is 0. The van der Waals surface area contributed by atoms with Crippen LogP contribution in [-0.4, -0.2) is 37.3 Å². The average Bonchev–Trinajstić information content (AvgIpc) is 2.66. The topological polar surface area (TPSA) is 41.9 Å². The van der Waals surface area contributed by atoms with Gasteiger partial charge in [0.15, 0.2) is 11.5 Å². The van der Waals surface area contributed by atoms with Gasteiger partial charge in [-0.15, -0.1) is 0 Å². The minimum Gasteiger partial charge on any atom is -0.493 e. The summed E-state index contributed by atoms with van der Waals surface area (Å²) in [7, 11) is 3.32. The Hall–Kier alpha value is -2.04. The Morgan fingerprint density at radius 3 is 2.31 bits per heavy atom. The van der Waals surface area contributed by atoms with E-state index in [-0.39, 0.29) is 0 Å². The van der Waals surface area contributed by atoms with Gasteiger partial charge in [0.25, 0.3) is 0 Å². The number of para-hydroxylation sites is 1. The molecule has 2 rings (SSSR count). The van der Waals surface area contributed by atoms with Gasteiger partial charge in [-0.25, -0.2) is 0 Å². The molecule has 1 N–H and O–H groups in total. The largest absolute Gasteiger partial charge is 0.493 e. The number of benzene rings is 2. The van der Waals surface area contributed by atoms with Gasteiger partial charge in [0.1, 0.15) is 0 Å². The number of aliphatic hydroxyl groups excluding tert-OH is 1. The van der Waals surface area contributed by atoms with Gasteiger partial charge in [0, 0.05) is 18.7 Å². The second-order valence-corrected chi connectivity index (χ2v) is 7.00. The smallest absolute Gasteiger partial charge is 0.165 e. The van der Waals surface area contributed by atoms with E-state index in [0.717, 1.165) is 35.6 Å². The van der Waals surface area contributed by atoms with E-state index in [9.17, 15) is 5.11 Å². The van der Waals surface area contributed by atoms with Crippen molar-refractivity contribution in [1.29, 1.82) is 0 Å². The first-order chi connectivity index (χ1) is 12.5. The Labute approximate surface area is 157 Å². The van der Waals surface area contributed by atoms with Gasteiger partial charge in [-0.05, 0) is 30.5 Å². The zero-order chi connectivity index (χ0) is 18.9. The van der Waals surface area contributed by atoms with E-state index < -0.39 is 6.10 Å². The first-order valence-corrected chi connectivity index (χ1v) is 9.20. The second kappa shape index (κ2) is 10.2. The Bertz CT molecular complexity index is 658. The zero-order valence-electron chi connectivity index (χ0n) is 16.3. The minimum atomic E-state index is -0.514. The SMILES string of the molecule is COc1cccc(CN(CCC(C)C)CC(O)c2ccccc2)c1OC. The molecule has 0 aromatic heterocycles. The fraction of sp³-hybridized carbons (Fsp3) is 0.455. The molecule has 0 saturated carbocycles. The van der Waals surface area contributed by atoms with Crippen molar-refractivity contribution in [2.24, 2.45) is 5.92 Å². The van der Waals surface area contributed by atoms with Crippen LogP contribution in [0.15, 0.2) is 48.5 Å². The Balaban J connectivity index is 2.17. The van der Waals surface area contributed by atoms with Gasteiger partial charge < -0.3 is 14.6 Å². The van der Waals surface area contributed by atoms with Crippen LogP contribution < -0.4 is 9.47 Å². The molecule has 0 radical (unpaired) electrons. The number of hydrogen-bond donors (Lipinski definition) is 1. The maximum absolute atomic E-state index is 10.7. The maximum atomic E-state index is 10.7. The summed E-state index contributed by atoms with van der Waals surface area (Å²) in [5, 5.41) is 10.7. The highest BCUT2D eigenvalue weighted by molar-refractivity contribution is 5.46. The lowest BCUT2D eigenvalue weighted by Crippen LogP contribution is -2.30. The number of ether oxygens (including phenoxy) is 2. The third-order valence-corrected chi connectivity index (χ3v) is 4.52. The monoisotopic (exact) mass is 357 g/mol. The third-order valence-electron chi connectivity index (χ3n) is 4.52. The van der Waals surface area contributed by atoms with Crippen molar-refractivity contribution in [2.75, 3.05) is 27.3 Å². The molecular formula is C22H31NO3. The van der Waals surface area contributed by atoms with Crippen LogP contribution in [0.25, 0.3) is 0 Å². The van der Waals surface area contributed by atoms with Crippen molar-refractivity contribution in [3.05, 3.63) is 59.7 Å². The second-order valence-electron chi connectivity index (χ2n) is 7.00. The molecule has 0 aliphatic carbocycles. The van der Waals surface area contributed by atoms with Crippen LogP contribution in [0.2, 0.25) is 0 Å². The molecule has 4 nitrogen and oxygen atoms in total. The van der Waals surface area contributed by atoms with E-state index >= 15 is 0 Å². The Morgan fingerprint density at radius 2 is 1.69 bits per heavy atom. The molecule has 0 saturated heterocycles. The summed E-state index contributed by atoms with van der Waals surface area (Å²) in [5.74, 6) is 2.11. The van der Waals surface area contributed by atoms with Gasteiger partial charge in [-0.3, -0.25) is 4.90 Å². The molecule has 1 atom stereocenters. The van der Waals surface area contributed by atoms with E-state index in [1.165, 1.54) is 0 Å². The number of hydrogen-bond acceptors (Lipinski definition) is 4. The summed E-state index contributed by atoms with van der Waals surface area (Å²) in [6.45, 7) is 6.64. The average molecular weight is 357 g/mol. The molecule has 0 heterocycles. The van der Waals surface area contributed by atoms with Crippen molar-refractivity contribution in [2.45, 2.75) is 32.9 Å². The summed E-state index contributed by atoms with van der Waals surface area (Å²) in [6, 6.07) is 15.8. The first-order valence-electron chi connectivity index (χ1n) is 9.20. The van der Waals surface area contributed by atoms with Crippen LogP contribution in [0.1, 0.15) is 37.5 Å². The molecule has 1 unspecified atom stereocenters. The van der Waals surface area contributed by atoms with E-state index in [2.05, 4.69) is 24.8 Å². The molecule has 26 heavy (non-hydrogen) atoms. The number of nitrogens with zero attached hydrogens (tertiary/aromatic N) is 1. The fourth-order valence-corrected chi connectivity index (χ4v) is 3.02. The van der Waals surface area contributed by atoms with Crippen LogP contribution in [0.3, 0.4) is 0 Å². The van der Waals surface area contributed by atoms with Gasteiger partial charge in [0.2, 0.25) is 0 Å². The molecule has 0 spiro atoms. The molecule has 0 aliphatic rings. The van der Waals surface area contributed by atoms with Crippen molar-refractivity contribution < 1.29 is 14.6 Å². The number of methoxy groups -OCH3 is 2. The standard InChI is InChI=1S/C22H31NO3/c1-17(2)13-14-23(16-20(24)18-9-6-5-7-10-18)15-19-11-8-12-21(25-3)22(19)26-4/h5-12,17,20,24H,13-16H2,1-4H3. The zero-order valence-corrected chi connectivity index (χ0v) is 16.3. The predicted molar refractivity (Wildman–Crippen MR) is 106 cm³/mol. The Morgan fingerprint density at radius 1 is 0.962 bits per heavy atom. The van der Waals surface area contributed by atoms with E-state index in [4.69, 9.17) is 9.47 Å². The highest BCUT2D eigenvalue weighted by Crippen LogP contribution is 2.32. The van der Waals surface area contributed by atoms with Crippen molar-refractivity contribution in [3.63, 3.8) is 0 Å². The van der Waals surface area contributed by atoms with E-state index in [0.29, 0.717) is 19.0 Å². The molecule has 4 heteroatoms. The van der Waals surface area contributed by atoms with Crippen LogP contribution >= 0.6 is 0 Å². The van der Waals surface area contributed by atoms with Crippen molar-refractivity contribution in [1.82, 2.24) is 4.90 Å². The first kappa shape index (κ1) is 20.3. The normalized spacial score (nSPS) is 12.4.